The van der Waals surface area contributed by atoms with E-state index < -0.39 is 0 Å². The van der Waals surface area contributed by atoms with Crippen molar-refractivity contribution in [3.05, 3.63) is 18.6 Å². The summed E-state index contributed by atoms with van der Waals surface area (Å²) in [7, 11) is 0. The molecule has 44 valence electrons. The summed E-state index contributed by atoms with van der Waals surface area (Å²) >= 11 is 0. The Labute approximate surface area is 50.5 Å². The molecule has 2 heterocycles. The molecule has 9 heavy (non-hydrogen) atoms. The van der Waals surface area contributed by atoms with Crippen LogP contribution in [0.1, 0.15) is 0 Å². The molecule has 0 bridgehead atoms. The molecule has 0 fully saturated rings. The lowest BCUT2D eigenvalue weighted by molar-refractivity contribution is 0.448. The topological polar surface area (TPSA) is 51.8 Å². The van der Waals surface area contributed by atoms with Crippen molar-refractivity contribution in [1.82, 2.24) is 15.1 Å². The molecular weight excluding hydrogens is 118 g/mol. The highest BCUT2D eigenvalue weighted by Gasteiger charge is 1.95. The van der Waals surface area contributed by atoms with Gasteiger partial charge in [-0.3, -0.25) is 0 Å². The van der Waals surface area contributed by atoms with Gasteiger partial charge in [-0.2, -0.15) is 0 Å². The first kappa shape index (κ1) is 4.43. The van der Waals surface area contributed by atoms with Crippen LogP contribution in [0.2, 0.25) is 0 Å². The van der Waals surface area contributed by atoms with E-state index in [0.717, 1.165) is 0 Å². The van der Waals surface area contributed by atoms with E-state index in [0.29, 0.717) is 11.2 Å². The van der Waals surface area contributed by atoms with Crippen molar-refractivity contribution in [3.63, 3.8) is 0 Å². The number of aromatic nitrogens is 3. The van der Waals surface area contributed by atoms with Crippen LogP contribution < -0.4 is 0 Å². The number of hydrogen-bond acceptors (Lipinski definition) is 4. The van der Waals surface area contributed by atoms with E-state index in [-0.39, 0.29) is 0 Å². The summed E-state index contributed by atoms with van der Waals surface area (Å²) in [6.07, 6.45) is 4.69. The standard InChI is InChI=1S/C5H3N3O/c1-2-7-5-4(6-1)3-8-9-5/h1-3H. The van der Waals surface area contributed by atoms with E-state index in [2.05, 4.69) is 15.1 Å². The largest absolute Gasteiger partial charge is 0.334 e. The first-order valence-electron chi connectivity index (χ1n) is 2.48. The zero-order valence-corrected chi connectivity index (χ0v) is 4.48. The highest BCUT2D eigenvalue weighted by molar-refractivity contribution is 5.64. The Balaban J connectivity index is 2.95. The molecule has 0 radical (unpaired) electrons. The van der Waals surface area contributed by atoms with Crippen molar-refractivity contribution < 1.29 is 4.52 Å². The highest BCUT2D eigenvalue weighted by atomic mass is 16.5. The lowest BCUT2D eigenvalue weighted by Crippen LogP contribution is -1.73. The molecule has 0 saturated carbocycles. The second kappa shape index (κ2) is 1.51. The Morgan fingerprint density at radius 2 is 2.11 bits per heavy atom. The Bertz CT molecular complexity index is 286. The molecule has 0 saturated heterocycles. The first-order valence-corrected chi connectivity index (χ1v) is 2.48. The number of rotatable bonds is 0. The van der Waals surface area contributed by atoms with Crippen LogP contribution in [-0.2, 0) is 0 Å². The fourth-order valence-corrected chi connectivity index (χ4v) is 0.621. The van der Waals surface area contributed by atoms with Crippen molar-refractivity contribution >= 4 is 11.2 Å². The van der Waals surface area contributed by atoms with Gasteiger partial charge in [0.15, 0.2) is 0 Å². The Morgan fingerprint density at radius 1 is 1.22 bits per heavy atom. The van der Waals surface area contributed by atoms with Crippen LogP contribution in [0.3, 0.4) is 0 Å². The van der Waals surface area contributed by atoms with Gasteiger partial charge in [0.05, 0.1) is 6.20 Å². The molecule has 0 aromatic carbocycles. The Hall–Kier alpha value is -1.45. The van der Waals surface area contributed by atoms with Gasteiger partial charge in [0.1, 0.15) is 5.52 Å². The molecular formula is C5H3N3O. The van der Waals surface area contributed by atoms with Crippen LogP contribution in [0.15, 0.2) is 23.1 Å². The second-order valence-corrected chi connectivity index (χ2v) is 1.57. The third kappa shape index (κ3) is 0.561. The smallest absolute Gasteiger partial charge is 0.276 e. The molecule has 2 aromatic rings. The molecule has 0 aliphatic rings. The van der Waals surface area contributed by atoms with E-state index in [1.54, 1.807) is 12.4 Å². The molecule has 0 aliphatic heterocycles. The Morgan fingerprint density at radius 3 is 3.00 bits per heavy atom. The van der Waals surface area contributed by atoms with Crippen LogP contribution in [0.4, 0.5) is 0 Å². The molecule has 0 spiro atoms. The van der Waals surface area contributed by atoms with Crippen LogP contribution in [0.5, 0.6) is 0 Å². The third-order valence-corrected chi connectivity index (χ3v) is 1.01. The average molecular weight is 121 g/mol. The summed E-state index contributed by atoms with van der Waals surface area (Å²) in [5.74, 6) is 0. The van der Waals surface area contributed by atoms with Gasteiger partial charge in [0.2, 0.25) is 0 Å². The van der Waals surface area contributed by atoms with Gasteiger partial charge in [-0.05, 0) is 0 Å². The Kier molecular flexibility index (Phi) is 0.745. The zero-order chi connectivity index (χ0) is 6.10. The van der Waals surface area contributed by atoms with E-state index in [9.17, 15) is 0 Å². The molecule has 0 atom stereocenters. The van der Waals surface area contributed by atoms with Crippen molar-refractivity contribution in [2.75, 3.05) is 0 Å². The first-order chi connectivity index (χ1) is 4.47. The van der Waals surface area contributed by atoms with Crippen molar-refractivity contribution in [3.8, 4) is 0 Å². The minimum absolute atomic E-state index is 0.484. The molecule has 0 unspecified atom stereocenters. The maximum absolute atomic E-state index is 4.69. The monoisotopic (exact) mass is 121 g/mol. The molecule has 2 rings (SSSR count). The fraction of sp³-hybridized carbons (Fsp3) is 0. The van der Waals surface area contributed by atoms with Crippen LogP contribution in [0.25, 0.3) is 11.2 Å². The molecule has 0 aliphatic carbocycles. The SMILES string of the molecule is c1cnc2oncc2n1. The lowest BCUT2D eigenvalue weighted by Gasteiger charge is -1.77. The quantitative estimate of drug-likeness (QED) is 0.512. The van der Waals surface area contributed by atoms with Crippen molar-refractivity contribution in [1.29, 1.82) is 0 Å². The summed E-state index contributed by atoms with van der Waals surface area (Å²) < 4.78 is 4.69. The van der Waals surface area contributed by atoms with Gasteiger partial charge in [-0.1, -0.05) is 5.16 Å². The summed E-state index contributed by atoms with van der Waals surface area (Å²) in [4.78, 5) is 7.77. The minimum atomic E-state index is 0.484. The minimum Gasteiger partial charge on any atom is -0.334 e. The summed E-state index contributed by atoms with van der Waals surface area (Å²) in [6.45, 7) is 0. The van der Waals surface area contributed by atoms with Crippen molar-refractivity contribution in [2.24, 2.45) is 0 Å². The molecule has 4 heteroatoms. The fourth-order valence-electron chi connectivity index (χ4n) is 0.621. The molecule has 0 N–H and O–H groups in total. The van der Waals surface area contributed by atoms with Gasteiger partial charge in [0.25, 0.3) is 5.71 Å². The maximum Gasteiger partial charge on any atom is 0.276 e. The van der Waals surface area contributed by atoms with Crippen LogP contribution in [0, 0.1) is 0 Å². The number of nitrogens with zero attached hydrogens (tertiary/aromatic N) is 3. The van der Waals surface area contributed by atoms with E-state index in [1.165, 1.54) is 6.20 Å². The van der Waals surface area contributed by atoms with Crippen LogP contribution in [-0.4, -0.2) is 15.1 Å². The van der Waals surface area contributed by atoms with Crippen LogP contribution >= 0.6 is 0 Å². The van der Waals surface area contributed by atoms with E-state index in [1.807, 2.05) is 0 Å². The van der Waals surface area contributed by atoms with Gasteiger partial charge in [0, 0.05) is 12.4 Å². The summed E-state index contributed by atoms with van der Waals surface area (Å²) in [5, 5.41) is 3.50. The molecule has 4 nitrogen and oxygen atoms in total. The molecule has 0 amide bonds. The zero-order valence-electron chi connectivity index (χ0n) is 4.48. The second-order valence-electron chi connectivity index (χ2n) is 1.57. The number of hydrogen-bond donors (Lipinski definition) is 0. The predicted molar refractivity (Wildman–Crippen MR) is 29.6 cm³/mol. The van der Waals surface area contributed by atoms with Gasteiger partial charge < -0.3 is 4.52 Å². The lowest BCUT2D eigenvalue weighted by atomic mass is 10.6. The van der Waals surface area contributed by atoms with Crippen molar-refractivity contribution in [2.45, 2.75) is 0 Å². The van der Waals surface area contributed by atoms with Gasteiger partial charge >= 0.3 is 0 Å². The third-order valence-electron chi connectivity index (χ3n) is 1.01. The highest BCUT2D eigenvalue weighted by Crippen LogP contribution is 2.02. The maximum atomic E-state index is 4.69. The summed E-state index contributed by atoms with van der Waals surface area (Å²) in [6, 6.07) is 0. The normalized spacial score (nSPS) is 10.2. The predicted octanol–water partition coefficient (Wildman–Crippen LogP) is 0.618. The van der Waals surface area contributed by atoms with E-state index >= 15 is 0 Å². The van der Waals surface area contributed by atoms with Gasteiger partial charge in [-0.25, -0.2) is 9.97 Å². The van der Waals surface area contributed by atoms with Gasteiger partial charge in [-0.15, -0.1) is 0 Å². The summed E-state index contributed by atoms with van der Waals surface area (Å²) in [5.41, 5.74) is 1.18. The number of fused-ring (bicyclic) bond motifs is 1. The molecule has 2 aromatic heterocycles. The average Bonchev–Trinajstić information content (AvgIpc) is 2.33. The van der Waals surface area contributed by atoms with E-state index in [4.69, 9.17) is 4.52 Å².